The summed E-state index contributed by atoms with van der Waals surface area (Å²) in [6, 6.07) is 3.47. The Kier molecular flexibility index (Phi) is 5.02. The largest absolute Gasteiger partial charge is 0.490 e. The number of rotatable bonds is 7. The number of ether oxygens (including phenoxy) is 2. The molecule has 2 rings (SSSR count). The average Bonchev–Trinajstić information content (AvgIpc) is 2.73. The van der Waals surface area contributed by atoms with Crippen LogP contribution >= 0.6 is 0 Å². The third kappa shape index (κ3) is 3.14. The fraction of sp³-hybridized carbons (Fsp3) is 0.333. The third-order valence-corrected chi connectivity index (χ3v) is 3.15. The van der Waals surface area contributed by atoms with E-state index in [-0.39, 0.29) is 5.69 Å². The van der Waals surface area contributed by atoms with Gasteiger partial charge in [0.25, 0.3) is 0 Å². The van der Waals surface area contributed by atoms with Crippen LogP contribution in [0.4, 0.5) is 10.5 Å². The van der Waals surface area contributed by atoms with Crippen LogP contribution in [0.5, 0.6) is 11.5 Å². The highest BCUT2D eigenvalue weighted by Crippen LogP contribution is 2.33. The van der Waals surface area contributed by atoms with Crippen molar-refractivity contribution in [1.82, 2.24) is 4.90 Å². The van der Waals surface area contributed by atoms with Gasteiger partial charge in [-0.15, -0.1) is 0 Å². The van der Waals surface area contributed by atoms with E-state index in [2.05, 4.69) is 0 Å². The Morgan fingerprint density at radius 1 is 1.04 bits per heavy atom. The van der Waals surface area contributed by atoms with Crippen molar-refractivity contribution < 1.29 is 28.7 Å². The van der Waals surface area contributed by atoms with E-state index in [0.29, 0.717) is 34.5 Å². The van der Waals surface area contributed by atoms with Gasteiger partial charge in [0.05, 0.1) is 18.9 Å². The van der Waals surface area contributed by atoms with E-state index in [9.17, 15) is 19.2 Å². The number of hydrogen-bond donors (Lipinski definition) is 1. The molecule has 9 nitrogen and oxygen atoms in total. The van der Waals surface area contributed by atoms with E-state index in [4.69, 9.17) is 15.2 Å². The molecule has 0 unspecified atom stereocenters. The number of hydrogen-bond acceptors (Lipinski definition) is 6. The van der Waals surface area contributed by atoms with Gasteiger partial charge in [0, 0.05) is 6.07 Å². The normalized spacial score (nSPS) is 14.3. The lowest BCUT2D eigenvalue weighted by molar-refractivity contribution is -0.140. The van der Waals surface area contributed by atoms with Crippen molar-refractivity contribution >= 4 is 29.4 Å². The van der Waals surface area contributed by atoms with Gasteiger partial charge in [-0.3, -0.25) is 14.4 Å². The number of nitrogens with zero attached hydrogens (tertiary/aromatic N) is 2. The summed E-state index contributed by atoms with van der Waals surface area (Å²) in [6.07, 6.45) is 0. The Morgan fingerprint density at radius 2 is 1.67 bits per heavy atom. The van der Waals surface area contributed by atoms with Crippen LogP contribution in [0.15, 0.2) is 18.2 Å². The van der Waals surface area contributed by atoms with Crippen LogP contribution in [0, 0.1) is 0 Å². The second kappa shape index (κ2) is 6.99. The zero-order valence-electron chi connectivity index (χ0n) is 13.3. The molecule has 0 bridgehead atoms. The first kappa shape index (κ1) is 17.3. The zero-order chi connectivity index (χ0) is 17.9. The number of primary amides is 1. The molecule has 1 aliphatic heterocycles. The minimum Gasteiger partial charge on any atom is -0.490 e. The standard InChI is InChI=1S/C15H17N3O6/c1-3-23-10-6-5-9(7-11(10)24-4-2)18-14(21)13(20)17(15(18)22)8-12(16)19/h5-7H,3-4,8H2,1-2H3,(H2,16,19). The molecular formula is C15H17N3O6. The van der Waals surface area contributed by atoms with Crippen molar-refractivity contribution in [3.05, 3.63) is 18.2 Å². The lowest BCUT2D eigenvalue weighted by atomic mass is 10.2. The molecule has 1 fully saturated rings. The first-order valence-corrected chi connectivity index (χ1v) is 7.28. The van der Waals surface area contributed by atoms with Gasteiger partial charge in [0.2, 0.25) is 5.91 Å². The number of imide groups is 2. The zero-order valence-corrected chi connectivity index (χ0v) is 13.3. The fourth-order valence-corrected chi connectivity index (χ4v) is 2.21. The summed E-state index contributed by atoms with van der Waals surface area (Å²) in [6.45, 7) is 3.67. The highest BCUT2D eigenvalue weighted by atomic mass is 16.5. The molecule has 9 heteroatoms. The highest BCUT2D eigenvalue weighted by Gasteiger charge is 2.46. The van der Waals surface area contributed by atoms with Crippen LogP contribution in [0.3, 0.4) is 0 Å². The Morgan fingerprint density at radius 3 is 2.25 bits per heavy atom. The van der Waals surface area contributed by atoms with Gasteiger partial charge in [-0.05, 0) is 26.0 Å². The minimum absolute atomic E-state index is 0.136. The summed E-state index contributed by atoms with van der Waals surface area (Å²) in [4.78, 5) is 48.3. The summed E-state index contributed by atoms with van der Waals surface area (Å²) < 4.78 is 10.8. The number of amides is 5. The van der Waals surface area contributed by atoms with Crippen LogP contribution < -0.4 is 20.1 Å². The predicted molar refractivity (Wildman–Crippen MR) is 82.6 cm³/mol. The molecule has 1 aromatic rings. The molecule has 1 aliphatic rings. The Bertz CT molecular complexity index is 702. The van der Waals surface area contributed by atoms with Crippen molar-refractivity contribution in [2.24, 2.45) is 5.73 Å². The summed E-state index contributed by atoms with van der Waals surface area (Å²) in [5.74, 6) is -2.28. The van der Waals surface area contributed by atoms with E-state index < -0.39 is 30.3 Å². The van der Waals surface area contributed by atoms with Gasteiger partial charge < -0.3 is 15.2 Å². The third-order valence-electron chi connectivity index (χ3n) is 3.15. The summed E-state index contributed by atoms with van der Waals surface area (Å²) in [5.41, 5.74) is 5.13. The molecule has 0 radical (unpaired) electrons. The van der Waals surface area contributed by atoms with Crippen LogP contribution in [0.2, 0.25) is 0 Å². The molecular weight excluding hydrogens is 318 g/mol. The number of carbonyl (C=O) groups excluding carboxylic acids is 4. The molecule has 2 N–H and O–H groups in total. The number of anilines is 1. The van der Waals surface area contributed by atoms with Gasteiger partial charge in [-0.1, -0.05) is 0 Å². The molecule has 24 heavy (non-hydrogen) atoms. The van der Waals surface area contributed by atoms with Crippen molar-refractivity contribution in [1.29, 1.82) is 0 Å². The van der Waals surface area contributed by atoms with Gasteiger partial charge >= 0.3 is 17.8 Å². The van der Waals surface area contributed by atoms with Crippen LogP contribution in [0.25, 0.3) is 0 Å². The Balaban J connectivity index is 2.38. The van der Waals surface area contributed by atoms with Crippen LogP contribution in [-0.2, 0) is 14.4 Å². The maximum absolute atomic E-state index is 12.3. The smallest absolute Gasteiger partial charge is 0.339 e. The van der Waals surface area contributed by atoms with E-state index in [0.717, 1.165) is 0 Å². The number of benzene rings is 1. The van der Waals surface area contributed by atoms with Crippen LogP contribution in [-0.4, -0.2) is 48.4 Å². The monoisotopic (exact) mass is 335 g/mol. The molecule has 5 amide bonds. The van der Waals surface area contributed by atoms with E-state index in [1.54, 1.807) is 13.8 Å². The van der Waals surface area contributed by atoms with E-state index in [1.165, 1.54) is 18.2 Å². The molecule has 1 heterocycles. The Hall–Kier alpha value is -3.10. The van der Waals surface area contributed by atoms with Crippen LogP contribution in [0.1, 0.15) is 13.8 Å². The van der Waals surface area contributed by atoms with Crippen molar-refractivity contribution in [3.8, 4) is 11.5 Å². The maximum Gasteiger partial charge on any atom is 0.339 e. The molecule has 1 aromatic carbocycles. The molecule has 1 saturated heterocycles. The minimum atomic E-state index is -1.11. The number of urea groups is 1. The molecule has 128 valence electrons. The average molecular weight is 335 g/mol. The molecule has 0 spiro atoms. The van der Waals surface area contributed by atoms with Gasteiger partial charge in [0.1, 0.15) is 6.54 Å². The highest BCUT2D eigenvalue weighted by molar-refractivity contribution is 6.53. The fourth-order valence-electron chi connectivity index (χ4n) is 2.21. The van der Waals surface area contributed by atoms with E-state index in [1.807, 2.05) is 0 Å². The van der Waals surface area contributed by atoms with Gasteiger partial charge in [0.15, 0.2) is 11.5 Å². The predicted octanol–water partition coefficient (Wildman–Crippen LogP) is 0.264. The van der Waals surface area contributed by atoms with Crippen molar-refractivity contribution in [2.45, 2.75) is 13.8 Å². The van der Waals surface area contributed by atoms with Crippen molar-refractivity contribution in [3.63, 3.8) is 0 Å². The molecule has 0 aliphatic carbocycles. The van der Waals surface area contributed by atoms with Gasteiger partial charge in [-0.25, -0.2) is 14.6 Å². The summed E-state index contributed by atoms with van der Waals surface area (Å²) in [7, 11) is 0. The van der Waals surface area contributed by atoms with Crippen molar-refractivity contribution in [2.75, 3.05) is 24.7 Å². The molecule has 0 aromatic heterocycles. The number of nitrogens with two attached hydrogens (primary N) is 1. The summed E-state index contributed by atoms with van der Waals surface area (Å²) >= 11 is 0. The maximum atomic E-state index is 12.3. The second-order valence-electron chi connectivity index (χ2n) is 4.78. The second-order valence-corrected chi connectivity index (χ2v) is 4.78. The first-order chi connectivity index (χ1) is 11.4. The first-order valence-electron chi connectivity index (χ1n) is 7.28. The van der Waals surface area contributed by atoms with E-state index >= 15 is 0 Å². The number of carbonyl (C=O) groups is 4. The lowest BCUT2D eigenvalue weighted by Gasteiger charge is -2.17. The topological polar surface area (TPSA) is 119 Å². The van der Waals surface area contributed by atoms with Gasteiger partial charge in [-0.2, -0.15) is 0 Å². The Labute approximate surface area is 137 Å². The summed E-state index contributed by atoms with van der Waals surface area (Å²) in [5, 5.41) is 0. The lowest BCUT2D eigenvalue weighted by Crippen LogP contribution is -2.39. The SMILES string of the molecule is CCOc1ccc(N2C(=O)C(=O)N(CC(N)=O)C2=O)cc1OCC. The quantitative estimate of drug-likeness (QED) is 0.564. The molecule has 0 saturated carbocycles. The molecule has 0 atom stereocenters.